The third-order valence-corrected chi connectivity index (χ3v) is 6.23. The number of fused-ring (bicyclic) bond motifs is 4. The highest BCUT2D eigenvalue weighted by atomic mass is 35.5. The van der Waals surface area contributed by atoms with Crippen LogP contribution >= 0.6 is 11.6 Å². The number of H-pyrrole nitrogens is 1. The van der Waals surface area contributed by atoms with Crippen LogP contribution in [0.1, 0.15) is 22.7 Å². The molecule has 1 aliphatic carbocycles. The van der Waals surface area contributed by atoms with Gasteiger partial charge in [0.2, 0.25) is 0 Å². The van der Waals surface area contributed by atoms with Crippen molar-refractivity contribution in [3.63, 3.8) is 0 Å². The van der Waals surface area contributed by atoms with Crippen LogP contribution in [0.25, 0.3) is 22.0 Å². The summed E-state index contributed by atoms with van der Waals surface area (Å²) in [6.45, 7) is 0.122. The number of rotatable bonds is 6. The Labute approximate surface area is 195 Å². The van der Waals surface area contributed by atoms with E-state index in [1.54, 1.807) is 12.1 Å². The topological polar surface area (TPSA) is 91.4 Å². The third-order valence-electron chi connectivity index (χ3n) is 6.00. The number of aromatic nitrogens is 1. The van der Waals surface area contributed by atoms with Gasteiger partial charge in [-0.2, -0.15) is 0 Å². The number of carbonyl (C=O) groups is 2. The molecule has 1 unspecified atom stereocenters. The van der Waals surface area contributed by atoms with E-state index in [-0.39, 0.29) is 18.9 Å². The molecule has 0 radical (unpaired) electrons. The van der Waals surface area contributed by atoms with E-state index < -0.39 is 18.1 Å². The summed E-state index contributed by atoms with van der Waals surface area (Å²) >= 11 is 6.02. The number of alkyl carbamates (subject to hydrolysis) is 1. The van der Waals surface area contributed by atoms with Crippen molar-refractivity contribution in [1.29, 1.82) is 0 Å². The van der Waals surface area contributed by atoms with Crippen molar-refractivity contribution >= 4 is 34.6 Å². The number of hydrogen-bond donors (Lipinski definition) is 3. The van der Waals surface area contributed by atoms with Crippen LogP contribution in [0.2, 0.25) is 5.02 Å². The van der Waals surface area contributed by atoms with Gasteiger partial charge in [0.05, 0.1) is 0 Å². The lowest BCUT2D eigenvalue weighted by atomic mass is 9.98. The molecule has 5 rings (SSSR count). The Morgan fingerprint density at radius 1 is 1.00 bits per heavy atom. The van der Waals surface area contributed by atoms with E-state index in [1.807, 2.05) is 48.5 Å². The summed E-state index contributed by atoms with van der Waals surface area (Å²) in [6, 6.07) is 22.2. The summed E-state index contributed by atoms with van der Waals surface area (Å²) in [5.41, 5.74) is 5.98. The number of ether oxygens (including phenoxy) is 1. The minimum atomic E-state index is -1.14. The molecule has 0 saturated carbocycles. The van der Waals surface area contributed by atoms with Crippen molar-refractivity contribution in [1.82, 2.24) is 10.3 Å². The van der Waals surface area contributed by atoms with Gasteiger partial charge in [-0.05, 0) is 46.5 Å². The monoisotopic (exact) mass is 460 g/mol. The summed E-state index contributed by atoms with van der Waals surface area (Å²) in [6.07, 6.45) is -0.672. The highest BCUT2D eigenvalue weighted by Gasteiger charge is 2.30. The first-order chi connectivity index (χ1) is 16.0. The second-order valence-electron chi connectivity index (χ2n) is 8.09. The lowest BCUT2D eigenvalue weighted by molar-refractivity contribution is -0.139. The molecule has 0 spiro atoms. The second-order valence-corrected chi connectivity index (χ2v) is 8.53. The van der Waals surface area contributed by atoms with Gasteiger partial charge in [0, 0.05) is 34.0 Å². The highest BCUT2D eigenvalue weighted by Crippen LogP contribution is 2.44. The molecule has 0 fully saturated rings. The molecule has 3 N–H and O–H groups in total. The first kappa shape index (κ1) is 21.1. The van der Waals surface area contributed by atoms with Crippen LogP contribution in [0.4, 0.5) is 4.79 Å². The van der Waals surface area contributed by atoms with Gasteiger partial charge in [0.1, 0.15) is 12.6 Å². The van der Waals surface area contributed by atoms with Crippen LogP contribution in [0.3, 0.4) is 0 Å². The molecule has 4 aromatic rings. The Balaban J connectivity index is 1.27. The Morgan fingerprint density at radius 2 is 1.67 bits per heavy atom. The van der Waals surface area contributed by atoms with Crippen LogP contribution in [0.15, 0.2) is 72.8 Å². The lowest BCUT2D eigenvalue weighted by Gasteiger charge is -2.17. The number of hydrogen-bond acceptors (Lipinski definition) is 3. The Morgan fingerprint density at radius 3 is 2.33 bits per heavy atom. The normalized spacial score (nSPS) is 13.4. The fourth-order valence-electron chi connectivity index (χ4n) is 4.48. The summed E-state index contributed by atoms with van der Waals surface area (Å²) in [5.74, 6) is -1.23. The summed E-state index contributed by atoms with van der Waals surface area (Å²) < 4.78 is 5.49. The number of carbonyl (C=O) groups excluding carboxylic acids is 1. The van der Waals surface area contributed by atoms with Gasteiger partial charge >= 0.3 is 12.1 Å². The van der Waals surface area contributed by atoms with Crippen molar-refractivity contribution in [2.75, 3.05) is 6.61 Å². The van der Waals surface area contributed by atoms with Gasteiger partial charge < -0.3 is 20.1 Å². The minimum Gasteiger partial charge on any atom is -0.480 e. The number of aromatic amines is 1. The van der Waals surface area contributed by atoms with Crippen LogP contribution in [0.5, 0.6) is 0 Å². The molecular formula is C26H21ClN2O4. The number of amides is 1. The number of carboxylic acids is 1. The molecule has 1 atom stereocenters. The first-order valence-corrected chi connectivity index (χ1v) is 11.0. The second kappa shape index (κ2) is 8.64. The molecule has 0 bridgehead atoms. The first-order valence-electron chi connectivity index (χ1n) is 10.6. The maximum absolute atomic E-state index is 12.5. The summed E-state index contributed by atoms with van der Waals surface area (Å²) in [4.78, 5) is 27.5. The van der Waals surface area contributed by atoms with Gasteiger partial charge in [0.25, 0.3) is 0 Å². The summed E-state index contributed by atoms with van der Waals surface area (Å²) in [5, 5.41) is 13.6. The fraction of sp³-hybridized carbons (Fsp3) is 0.154. The third kappa shape index (κ3) is 4.17. The number of carboxylic acid groups (broad SMARTS) is 1. The zero-order valence-corrected chi connectivity index (χ0v) is 18.3. The van der Waals surface area contributed by atoms with Crippen LogP contribution in [-0.2, 0) is 16.0 Å². The predicted molar refractivity (Wildman–Crippen MR) is 127 cm³/mol. The molecule has 1 heterocycles. The number of nitrogens with one attached hydrogen (secondary N) is 2. The number of benzene rings is 3. The van der Waals surface area contributed by atoms with E-state index in [0.717, 1.165) is 33.2 Å². The quantitative estimate of drug-likeness (QED) is 0.361. The molecule has 166 valence electrons. The van der Waals surface area contributed by atoms with Gasteiger partial charge in [-0.3, -0.25) is 0 Å². The Bertz CT molecular complexity index is 1320. The summed E-state index contributed by atoms with van der Waals surface area (Å²) in [7, 11) is 0. The average molecular weight is 461 g/mol. The molecule has 0 aliphatic heterocycles. The molecule has 33 heavy (non-hydrogen) atoms. The molecule has 1 aromatic heterocycles. The lowest BCUT2D eigenvalue weighted by Crippen LogP contribution is -2.43. The van der Waals surface area contributed by atoms with Crippen LogP contribution < -0.4 is 5.32 Å². The molecule has 3 aromatic carbocycles. The maximum atomic E-state index is 12.5. The van der Waals surface area contributed by atoms with Crippen molar-refractivity contribution in [2.24, 2.45) is 0 Å². The SMILES string of the molecule is O=C(NC(Cc1cc2cc(Cl)ccc2[nH]1)C(=O)O)OCC1c2ccccc2-c2ccccc21. The molecule has 0 saturated heterocycles. The van der Waals surface area contributed by atoms with E-state index in [1.165, 1.54) is 0 Å². The predicted octanol–water partition coefficient (Wildman–Crippen LogP) is 5.36. The molecule has 6 nitrogen and oxygen atoms in total. The zero-order valence-electron chi connectivity index (χ0n) is 17.5. The Kier molecular flexibility index (Phi) is 5.52. The van der Waals surface area contributed by atoms with Gasteiger partial charge in [0.15, 0.2) is 0 Å². The van der Waals surface area contributed by atoms with E-state index in [2.05, 4.69) is 22.4 Å². The van der Waals surface area contributed by atoms with Crippen LogP contribution in [0, 0.1) is 0 Å². The van der Waals surface area contributed by atoms with Gasteiger partial charge in [-0.1, -0.05) is 60.1 Å². The maximum Gasteiger partial charge on any atom is 0.407 e. The van der Waals surface area contributed by atoms with E-state index in [0.29, 0.717) is 10.7 Å². The highest BCUT2D eigenvalue weighted by molar-refractivity contribution is 6.31. The molecule has 1 aliphatic rings. The van der Waals surface area contributed by atoms with Gasteiger partial charge in [-0.25, -0.2) is 9.59 Å². The van der Waals surface area contributed by atoms with Crippen molar-refractivity contribution in [2.45, 2.75) is 18.4 Å². The van der Waals surface area contributed by atoms with Crippen molar-refractivity contribution in [3.8, 4) is 11.1 Å². The average Bonchev–Trinajstić information content (AvgIpc) is 3.35. The van der Waals surface area contributed by atoms with Crippen LogP contribution in [-0.4, -0.2) is 34.8 Å². The number of aliphatic carboxylic acids is 1. The Hall–Kier alpha value is -3.77. The molecular weight excluding hydrogens is 440 g/mol. The largest absolute Gasteiger partial charge is 0.480 e. The molecule has 7 heteroatoms. The smallest absolute Gasteiger partial charge is 0.407 e. The van der Waals surface area contributed by atoms with E-state index >= 15 is 0 Å². The van der Waals surface area contributed by atoms with Gasteiger partial charge in [-0.15, -0.1) is 0 Å². The number of halogens is 1. The van der Waals surface area contributed by atoms with Crippen molar-refractivity contribution < 1.29 is 19.4 Å². The zero-order chi connectivity index (χ0) is 22.9. The fourth-order valence-corrected chi connectivity index (χ4v) is 4.66. The standard InChI is InChI=1S/C26H21ClN2O4/c27-16-9-10-23-15(11-16)12-17(28-23)13-24(25(30)31)29-26(32)33-14-22-20-7-3-1-5-18(20)19-6-2-4-8-21(19)22/h1-12,22,24,28H,13-14H2,(H,29,32)(H,30,31). The van der Waals surface area contributed by atoms with E-state index in [4.69, 9.17) is 16.3 Å². The minimum absolute atomic E-state index is 0.0891. The van der Waals surface area contributed by atoms with Crippen molar-refractivity contribution in [3.05, 3.63) is 94.6 Å². The molecule has 1 amide bonds. The van der Waals surface area contributed by atoms with E-state index in [9.17, 15) is 14.7 Å².